The second kappa shape index (κ2) is 10.6. The molecular weight excluding hydrogens is 450 g/mol. The molecule has 0 aliphatic heterocycles. The fourth-order valence-corrected chi connectivity index (χ4v) is 4.47. The molecule has 0 fully saturated rings. The Morgan fingerprint density at radius 3 is 2.75 bits per heavy atom. The number of fused-ring (bicyclic) bond motifs is 2. The van der Waals surface area contributed by atoms with E-state index in [1.807, 2.05) is 79.9 Å². The van der Waals surface area contributed by atoms with Crippen LogP contribution in [0.2, 0.25) is 0 Å². The minimum absolute atomic E-state index is 0.173. The van der Waals surface area contributed by atoms with Crippen molar-refractivity contribution >= 4 is 27.7 Å². The lowest BCUT2D eigenvalue weighted by Gasteiger charge is -2.18. The van der Waals surface area contributed by atoms with Gasteiger partial charge in [0.1, 0.15) is 5.75 Å². The molecule has 1 amide bonds. The number of hydrogen-bond acceptors (Lipinski definition) is 4. The van der Waals surface area contributed by atoms with Crippen molar-refractivity contribution in [1.82, 2.24) is 15.3 Å². The third-order valence-electron chi connectivity index (χ3n) is 6.32. The summed E-state index contributed by atoms with van der Waals surface area (Å²) >= 11 is 0. The molecule has 0 spiro atoms. The van der Waals surface area contributed by atoms with Crippen LogP contribution >= 0.6 is 0 Å². The van der Waals surface area contributed by atoms with Crippen LogP contribution in [0.5, 0.6) is 5.75 Å². The number of benzene rings is 3. The number of carbonyl (C=O) groups is 1. The molecule has 5 aromatic rings. The van der Waals surface area contributed by atoms with Crippen LogP contribution in [-0.4, -0.2) is 40.2 Å². The van der Waals surface area contributed by atoms with E-state index in [2.05, 4.69) is 21.4 Å². The molecule has 5 rings (SSSR count). The van der Waals surface area contributed by atoms with Crippen molar-refractivity contribution in [3.05, 3.63) is 96.3 Å². The van der Waals surface area contributed by atoms with E-state index in [-0.39, 0.29) is 12.5 Å². The summed E-state index contributed by atoms with van der Waals surface area (Å²) in [7, 11) is 0. The third kappa shape index (κ3) is 4.95. The highest BCUT2D eigenvalue weighted by Gasteiger charge is 2.20. The summed E-state index contributed by atoms with van der Waals surface area (Å²) in [5.41, 5.74) is 5.35. The lowest BCUT2D eigenvalue weighted by molar-refractivity contribution is 0.0912. The van der Waals surface area contributed by atoms with Gasteiger partial charge in [0.25, 0.3) is 5.91 Å². The Morgan fingerprint density at radius 2 is 1.89 bits per heavy atom. The number of H-pyrrole nitrogens is 1. The first-order chi connectivity index (χ1) is 17.7. The summed E-state index contributed by atoms with van der Waals surface area (Å²) in [4.78, 5) is 21.1. The molecule has 0 radical (unpaired) electrons. The van der Waals surface area contributed by atoms with E-state index in [9.17, 15) is 9.90 Å². The van der Waals surface area contributed by atoms with Crippen molar-refractivity contribution in [2.45, 2.75) is 25.8 Å². The van der Waals surface area contributed by atoms with Gasteiger partial charge in [0.05, 0.1) is 30.3 Å². The average molecular weight is 480 g/mol. The Bertz CT molecular complexity index is 1510. The lowest BCUT2D eigenvalue weighted by atomic mass is 9.99. The van der Waals surface area contributed by atoms with Crippen molar-refractivity contribution in [3.8, 4) is 16.9 Å². The van der Waals surface area contributed by atoms with Gasteiger partial charge < -0.3 is 20.1 Å². The molecule has 6 nitrogen and oxygen atoms in total. The number of aromatic amines is 1. The highest BCUT2D eigenvalue weighted by atomic mass is 16.5. The van der Waals surface area contributed by atoms with Gasteiger partial charge in [0.2, 0.25) is 0 Å². The van der Waals surface area contributed by atoms with Crippen LogP contribution in [0, 0.1) is 0 Å². The monoisotopic (exact) mass is 479 g/mol. The summed E-state index contributed by atoms with van der Waals surface area (Å²) < 4.78 is 5.91. The topological polar surface area (TPSA) is 87.2 Å². The standard InChI is InChI=1S/C30H29N3O3/c1-2-14-36-29-12-10-21(20-9-11-27-22(15-20)6-5-13-31-27)17-26(29)30(35)33-24(19-34)16-23-18-32-28-8-4-3-7-25(23)28/h3-13,15,17-18,24,32,34H,2,14,16,19H2,1H3,(H,33,35). The highest BCUT2D eigenvalue weighted by Crippen LogP contribution is 2.29. The van der Waals surface area contributed by atoms with Gasteiger partial charge in [-0.2, -0.15) is 0 Å². The molecule has 182 valence electrons. The second-order valence-electron chi connectivity index (χ2n) is 8.89. The summed E-state index contributed by atoms with van der Waals surface area (Å²) in [6.45, 7) is 2.37. The van der Waals surface area contributed by atoms with Gasteiger partial charge in [-0.3, -0.25) is 9.78 Å². The molecule has 2 heterocycles. The Kier molecular flexibility index (Phi) is 6.96. The predicted molar refractivity (Wildman–Crippen MR) is 143 cm³/mol. The molecular formula is C30H29N3O3. The summed E-state index contributed by atoms with van der Waals surface area (Å²) in [5.74, 6) is 0.258. The third-order valence-corrected chi connectivity index (χ3v) is 6.32. The van der Waals surface area contributed by atoms with Gasteiger partial charge in [-0.25, -0.2) is 0 Å². The Hall–Kier alpha value is -4.16. The molecule has 0 bridgehead atoms. The van der Waals surface area contributed by atoms with E-state index < -0.39 is 6.04 Å². The zero-order valence-corrected chi connectivity index (χ0v) is 20.2. The maximum absolute atomic E-state index is 13.5. The first kappa shape index (κ1) is 23.6. The number of ether oxygens (including phenoxy) is 1. The average Bonchev–Trinajstić information content (AvgIpc) is 3.33. The zero-order valence-electron chi connectivity index (χ0n) is 20.2. The number of pyridine rings is 1. The molecule has 0 saturated heterocycles. The van der Waals surface area contributed by atoms with Crippen LogP contribution in [0.1, 0.15) is 29.3 Å². The van der Waals surface area contributed by atoms with Gasteiger partial charge in [0.15, 0.2) is 0 Å². The fourth-order valence-electron chi connectivity index (χ4n) is 4.47. The first-order valence-electron chi connectivity index (χ1n) is 12.2. The van der Waals surface area contributed by atoms with Gasteiger partial charge in [-0.1, -0.05) is 43.3 Å². The van der Waals surface area contributed by atoms with Crippen LogP contribution in [0.3, 0.4) is 0 Å². The van der Waals surface area contributed by atoms with E-state index in [1.54, 1.807) is 6.20 Å². The van der Waals surface area contributed by atoms with Crippen LogP contribution in [-0.2, 0) is 6.42 Å². The number of rotatable bonds is 9. The first-order valence-corrected chi connectivity index (χ1v) is 12.2. The van der Waals surface area contributed by atoms with E-state index in [1.165, 1.54) is 0 Å². The van der Waals surface area contributed by atoms with Gasteiger partial charge in [0, 0.05) is 28.7 Å². The number of aliphatic hydroxyl groups is 1. The number of para-hydroxylation sites is 1. The van der Waals surface area contributed by atoms with E-state index in [4.69, 9.17) is 4.74 Å². The Morgan fingerprint density at radius 1 is 1.06 bits per heavy atom. The molecule has 0 aliphatic carbocycles. The molecule has 3 N–H and O–H groups in total. The SMILES string of the molecule is CCCOc1ccc(-c2ccc3ncccc3c2)cc1C(=O)NC(CO)Cc1c[nH]c2ccccc12. The smallest absolute Gasteiger partial charge is 0.255 e. The van der Waals surface area contributed by atoms with E-state index >= 15 is 0 Å². The number of aliphatic hydroxyl groups excluding tert-OH is 1. The fraction of sp³-hybridized carbons (Fsp3) is 0.200. The second-order valence-corrected chi connectivity index (χ2v) is 8.89. The van der Waals surface area contributed by atoms with Crippen LogP contribution in [0.25, 0.3) is 32.9 Å². The minimum Gasteiger partial charge on any atom is -0.493 e. The normalized spacial score (nSPS) is 12.1. The van der Waals surface area contributed by atoms with Crippen molar-refractivity contribution in [3.63, 3.8) is 0 Å². The molecule has 3 aromatic carbocycles. The largest absolute Gasteiger partial charge is 0.493 e. The molecule has 36 heavy (non-hydrogen) atoms. The number of amides is 1. The molecule has 1 unspecified atom stereocenters. The number of nitrogens with zero attached hydrogens (tertiary/aromatic N) is 1. The van der Waals surface area contributed by atoms with Crippen LogP contribution in [0.4, 0.5) is 0 Å². The van der Waals surface area contributed by atoms with E-state index in [0.717, 1.165) is 44.9 Å². The van der Waals surface area contributed by atoms with Crippen molar-refractivity contribution in [2.24, 2.45) is 0 Å². The lowest BCUT2D eigenvalue weighted by Crippen LogP contribution is -2.39. The van der Waals surface area contributed by atoms with Gasteiger partial charge in [-0.05, 0) is 65.9 Å². The summed E-state index contributed by atoms with van der Waals surface area (Å²) in [5, 5.41) is 15.2. The maximum Gasteiger partial charge on any atom is 0.255 e. The molecule has 0 saturated carbocycles. The van der Waals surface area contributed by atoms with Gasteiger partial charge in [-0.15, -0.1) is 0 Å². The number of carbonyl (C=O) groups excluding carboxylic acids is 1. The molecule has 1 atom stereocenters. The predicted octanol–water partition coefficient (Wildman–Crippen LogP) is 5.51. The van der Waals surface area contributed by atoms with Crippen molar-refractivity contribution < 1.29 is 14.6 Å². The maximum atomic E-state index is 13.5. The highest BCUT2D eigenvalue weighted by molar-refractivity contribution is 5.99. The molecule has 0 aliphatic rings. The van der Waals surface area contributed by atoms with Crippen molar-refractivity contribution in [2.75, 3.05) is 13.2 Å². The summed E-state index contributed by atoms with van der Waals surface area (Å²) in [6.07, 6.45) is 5.05. The number of hydrogen-bond donors (Lipinski definition) is 3. The van der Waals surface area contributed by atoms with Crippen molar-refractivity contribution in [1.29, 1.82) is 0 Å². The Balaban J connectivity index is 1.43. The quantitative estimate of drug-likeness (QED) is 0.260. The Labute approximate surface area is 210 Å². The van der Waals surface area contributed by atoms with Gasteiger partial charge >= 0.3 is 0 Å². The zero-order chi connectivity index (χ0) is 24.9. The number of nitrogens with one attached hydrogen (secondary N) is 2. The summed E-state index contributed by atoms with van der Waals surface area (Å²) in [6, 6.07) is 23.2. The molecule has 2 aromatic heterocycles. The van der Waals surface area contributed by atoms with Crippen LogP contribution < -0.4 is 10.1 Å². The van der Waals surface area contributed by atoms with Crippen LogP contribution in [0.15, 0.2) is 85.2 Å². The molecule has 6 heteroatoms. The minimum atomic E-state index is -0.439. The van der Waals surface area contributed by atoms with E-state index in [0.29, 0.717) is 24.3 Å². The number of aromatic nitrogens is 2.